The minimum absolute atomic E-state index is 0.119. The van der Waals surface area contributed by atoms with Crippen molar-refractivity contribution in [1.29, 1.82) is 5.26 Å². The molecule has 0 saturated carbocycles. The van der Waals surface area contributed by atoms with E-state index < -0.39 is 0 Å². The number of nitrogens with one attached hydrogen (secondary N) is 2. The zero-order valence-electron chi connectivity index (χ0n) is 14.9. The maximum Gasteiger partial charge on any atom is 0.279 e. The summed E-state index contributed by atoms with van der Waals surface area (Å²) in [5.74, 6) is 0.904. The van der Waals surface area contributed by atoms with Gasteiger partial charge in [-0.05, 0) is 36.1 Å². The minimum Gasteiger partial charge on any atom is -0.414 e. The molecule has 0 aliphatic carbocycles. The van der Waals surface area contributed by atoms with Crippen molar-refractivity contribution >= 4 is 22.9 Å². The van der Waals surface area contributed by atoms with Gasteiger partial charge in [0.05, 0.1) is 23.1 Å². The van der Waals surface area contributed by atoms with Gasteiger partial charge >= 0.3 is 0 Å². The first kappa shape index (κ1) is 18.8. The molecule has 1 atom stereocenters. The van der Waals surface area contributed by atoms with Gasteiger partial charge in [-0.3, -0.25) is 4.79 Å². The van der Waals surface area contributed by atoms with Crippen LogP contribution >= 0.6 is 11.3 Å². The standard InChI is InChI=1S/C19H19N5O2S/c1-2-8-24(12-17(25)21-15-6-3-5-14(10-15)11-20)13-18-22-23-19(26-18)16-7-4-9-27-16/h3-7,9-10H,2,8,12-13H2,1H3,(H,21,25)/p+1. The Morgan fingerprint density at radius 1 is 1.33 bits per heavy atom. The summed E-state index contributed by atoms with van der Waals surface area (Å²) in [5.41, 5.74) is 1.13. The highest BCUT2D eigenvalue weighted by Gasteiger charge is 2.19. The summed E-state index contributed by atoms with van der Waals surface area (Å²) in [5, 5.41) is 22.0. The van der Waals surface area contributed by atoms with Crippen molar-refractivity contribution in [3.05, 3.63) is 53.2 Å². The van der Waals surface area contributed by atoms with E-state index in [0.29, 0.717) is 29.6 Å². The number of hydrogen-bond acceptors (Lipinski definition) is 6. The van der Waals surface area contributed by atoms with Gasteiger partial charge in [-0.1, -0.05) is 19.1 Å². The third kappa shape index (κ3) is 5.23. The Kier molecular flexibility index (Phi) is 6.30. The Labute approximate surface area is 161 Å². The van der Waals surface area contributed by atoms with Gasteiger partial charge in [0.25, 0.3) is 17.7 Å². The number of aromatic nitrogens is 2. The van der Waals surface area contributed by atoms with Crippen molar-refractivity contribution in [2.75, 3.05) is 18.4 Å². The van der Waals surface area contributed by atoms with E-state index in [0.717, 1.165) is 22.7 Å². The maximum absolute atomic E-state index is 12.4. The van der Waals surface area contributed by atoms with Gasteiger partial charge in [0.1, 0.15) is 0 Å². The lowest BCUT2D eigenvalue weighted by molar-refractivity contribution is -0.907. The Morgan fingerprint density at radius 3 is 2.96 bits per heavy atom. The highest BCUT2D eigenvalue weighted by atomic mass is 32.1. The molecule has 2 N–H and O–H groups in total. The number of rotatable bonds is 8. The predicted molar refractivity (Wildman–Crippen MR) is 102 cm³/mol. The van der Waals surface area contributed by atoms with Crippen LogP contribution in [-0.4, -0.2) is 29.2 Å². The second-order valence-electron chi connectivity index (χ2n) is 6.07. The highest BCUT2D eigenvalue weighted by molar-refractivity contribution is 7.13. The fourth-order valence-corrected chi connectivity index (χ4v) is 3.37. The van der Waals surface area contributed by atoms with Gasteiger partial charge in [-0.25, -0.2) is 0 Å². The van der Waals surface area contributed by atoms with Gasteiger partial charge < -0.3 is 14.6 Å². The molecule has 0 bridgehead atoms. The zero-order valence-corrected chi connectivity index (χ0v) is 15.8. The first-order valence-corrected chi connectivity index (χ1v) is 9.55. The van der Waals surface area contributed by atoms with Crippen molar-refractivity contribution < 1.29 is 14.1 Å². The van der Waals surface area contributed by atoms with Crippen molar-refractivity contribution in [2.45, 2.75) is 19.9 Å². The number of carbonyl (C=O) groups excluding carboxylic acids is 1. The fourth-order valence-electron chi connectivity index (χ4n) is 2.73. The molecular weight excluding hydrogens is 362 g/mol. The number of quaternary nitrogens is 1. The van der Waals surface area contributed by atoms with Crippen molar-refractivity contribution in [2.24, 2.45) is 0 Å². The lowest BCUT2D eigenvalue weighted by Crippen LogP contribution is -3.11. The van der Waals surface area contributed by atoms with E-state index in [1.165, 1.54) is 0 Å². The fraction of sp³-hybridized carbons (Fsp3) is 0.263. The topological polar surface area (TPSA) is 96.2 Å². The molecule has 0 spiro atoms. The number of anilines is 1. The molecule has 3 aromatic rings. The third-order valence-corrected chi connectivity index (χ3v) is 4.75. The van der Waals surface area contributed by atoms with Crippen molar-refractivity contribution in [3.63, 3.8) is 0 Å². The summed E-state index contributed by atoms with van der Waals surface area (Å²) >= 11 is 1.54. The molecule has 0 aliphatic heterocycles. The van der Waals surface area contributed by atoms with E-state index in [1.54, 1.807) is 35.6 Å². The summed E-state index contributed by atoms with van der Waals surface area (Å²) in [6, 6.07) is 12.8. The number of thiophene rings is 1. The lowest BCUT2D eigenvalue weighted by Gasteiger charge is -2.16. The number of nitrogens with zero attached hydrogens (tertiary/aromatic N) is 3. The first-order chi connectivity index (χ1) is 13.2. The molecular formula is C19H20N5O2S+. The summed E-state index contributed by atoms with van der Waals surface area (Å²) in [4.78, 5) is 14.4. The molecule has 7 nitrogen and oxygen atoms in total. The summed E-state index contributed by atoms with van der Waals surface area (Å²) in [6.07, 6.45) is 0.929. The van der Waals surface area contributed by atoms with E-state index >= 15 is 0 Å². The van der Waals surface area contributed by atoms with Crippen LogP contribution in [-0.2, 0) is 11.3 Å². The Morgan fingerprint density at radius 2 is 2.22 bits per heavy atom. The van der Waals surface area contributed by atoms with Crippen LogP contribution in [0.25, 0.3) is 10.8 Å². The van der Waals surface area contributed by atoms with Gasteiger partial charge in [-0.15, -0.1) is 21.5 Å². The van der Waals surface area contributed by atoms with Crippen LogP contribution in [0, 0.1) is 11.3 Å². The van der Waals surface area contributed by atoms with Crippen LogP contribution in [0.2, 0.25) is 0 Å². The van der Waals surface area contributed by atoms with Crippen LogP contribution in [0.5, 0.6) is 0 Å². The maximum atomic E-state index is 12.4. The van der Waals surface area contributed by atoms with E-state index in [4.69, 9.17) is 9.68 Å². The van der Waals surface area contributed by atoms with Crippen LogP contribution in [0.3, 0.4) is 0 Å². The van der Waals surface area contributed by atoms with Crippen LogP contribution < -0.4 is 10.2 Å². The number of hydrogen-bond donors (Lipinski definition) is 2. The first-order valence-electron chi connectivity index (χ1n) is 8.67. The molecule has 1 aromatic carbocycles. The van der Waals surface area contributed by atoms with Gasteiger partial charge in [0.15, 0.2) is 13.1 Å². The number of benzene rings is 1. The highest BCUT2D eigenvalue weighted by Crippen LogP contribution is 2.22. The molecule has 0 saturated heterocycles. The average molecular weight is 382 g/mol. The smallest absolute Gasteiger partial charge is 0.279 e. The molecule has 2 heterocycles. The molecule has 0 fully saturated rings. The van der Waals surface area contributed by atoms with E-state index in [2.05, 4.69) is 28.5 Å². The van der Waals surface area contributed by atoms with Gasteiger partial charge in [-0.2, -0.15) is 5.26 Å². The lowest BCUT2D eigenvalue weighted by atomic mass is 10.2. The Hall–Kier alpha value is -3.02. The Balaban J connectivity index is 1.61. The summed E-state index contributed by atoms with van der Waals surface area (Å²) < 4.78 is 5.73. The molecule has 0 radical (unpaired) electrons. The van der Waals surface area contributed by atoms with Crippen LogP contribution in [0.4, 0.5) is 5.69 Å². The van der Waals surface area contributed by atoms with Crippen molar-refractivity contribution in [3.8, 4) is 16.8 Å². The second-order valence-corrected chi connectivity index (χ2v) is 7.02. The van der Waals surface area contributed by atoms with Gasteiger partial charge in [0.2, 0.25) is 0 Å². The monoisotopic (exact) mass is 382 g/mol. The SMILES string of the molecule is CCC[NH+](CC(=O)Nc1cccc(C#N)c1)Cc1nnc(-c2cccs2)o1. The largest absolute Gasteiger partial charge is 0.414 e. The molecule has 138 valence electrons. The normalized spacial score (nSPS) is 11.7. The minimum atomic E-state index is -0.119. The number of amides is 1. The molecule has 2 aromatic heterocycles. The summed E-state index contributed by atoms with van der Waals surface area (Å²) in [6.45, 7) is 3.64. The Bertz CT molecular complexity index is 930. The third-order valence-electron chi connectivity index (χ3n) is 3.89. The number of carbonyl (C=O) groups is 1. The van der Waals surface area contributed by atoms with E-state index in [-0.39, 0.29) is 12.5 Å². The second kappa shape index (κ2) is 9.07. The zero-order chi connectivity index (χ0) is 19.1. The molecule has 0 aliphatic rings. The predicted octanol–water partition coefficient (Wildman–Crippen LogP) is 2.10. The average Bonchev–Trinajstić information content (AvgIpc) is 3.33. The summed E-state index contributed by atoms with van der Waals surface area (Å²) in [7, 11) is 0. The van der Waals surface area contributed by atoms with Crippen molar-refractivity contribution in [1.82, 2.24) is 10.2 Å². The molecule has 27 heavy (non-hydrogen) atoms. The molecule has 1 amide bonds. The molecule has 1 unspecified atom stereocenters. The quantitative estimate of drug-likeness (QED) is 0.622. The van der Waals surface area contributed by atoms with E-state index in [9.17, 15) is 4.79 Å². The number of nitriles is 1. The molecule has 3 rings (SSSR count). The van der Waals surface area contributed by atoms with Crippen LogP contribution in [0.1, 0.15) is 24.8 Å². The molecule has 8 heteroatoms. The van der Waals surface area contributed by atoms with E-state index in [1.807, 2.05) is 17.5 Å². The van der Waals surface area contributed by atoms with Crippen LogP contribution in [0.15, 0.2) is 46.2 Å². The van der Waals surface area contributed by atoms with Gasteiger partial charge in [0, 0.05) is 5.69 Å².